The second-order valence-electron chi connectivity index (χ2n) is 15.4. The highest BCUT2D eigenvalue weighted by Crippen LogP contribution is 2.69. The van der Waals surface area contributed by atoms with Gasteiger partial charge in [-0.25, -0.2) is 14.7 Å². The van der Waals surface area contributed by atoms with Crippen molar-refractivity contribution < 1.29 is 54.8 Å². The lowest BCUT2D eigenvalue weighted by Crippen LogP contribution is -2.61. The van der Waals surface area contributed by atoms with Crippen molar-refractivity contribution in [3.05, 3.63) is 0 Å². The molecule has 12 atom stereocenters. The molecule has 12 nitrogen and oxygen atoms in total. The van der Waals surface area contributed by atoms with Crippen LogP contribution >= 0.6 is 24.6 Å². The monoisotopic (exact) mass is 702 g/mol. The lowest BCUT2D eigenvalue weighted by Gasteiger charge is -2.63. The smallest absolute Gasteiger partial charge is 0.283 e. The summed E-state index contributed by atoms with van der Waals surface area (Å²) in [6, 6.07) is 0. The fourth-order valence-corrected chi connectivity index (χ4v) is 11.5. The lowest BCUT2D eigenvalue weighted by molar-refractivity contribution is -0.435. The van der Waals surface area contributed by atoms with Crippen molar-refractivity contribution in [1.82, 2.24) is 0 Å². The van der Waals surface area contributed by atoms with Crippen LogP contribution in [0, 0.1) is 57.7 Å². The minimum Gasteiger partial charge on any atom is -0.283 e. The molecular formula is C30H54O12S3. The zero-order valence-corrected chi connectivity index (χ0v) is 30.0. The van der Waals surface area contributed by atoms with Gasteiger partial charge < -0.3 is 0 Å². The highest BCUT2D eigenvalue weighted by Gasteiger charge is 2.64. The molecule has 0 aliphatic heterocycles. The van der Waals surface area contributed by atoms with E-state index in [0.717, 1.165) is 19.3 Å². The first-order chi connectivity index (χ1) is 21.1. The minimum absolute atomic E-state index is 0.145. The fourth-order valence-electron chi connectivity index (χ4n) is 10.3. The molecule has 3 N–H and O–H groups in total. The highest BCUT2D eigenvalue weighted by molar-refractivity contribution is 7.90. The summed E-state index contributed by atoms with van der Waals surface area (Å²) in [5.41, 5.74) is 0.0525. The molecule has 0 saturated heterocycles. The van der Waals surface area contributed by atoms with Crippen LogP contribution in [0.3, 0.4) is 0 Å². The maximum Gasteiger partial charge on any atom is 0.397 e. The molecule has 4 aliphatic carbocycles. The van der Waals surface area contributed by atoms with E-state index >= 15 is 0 Å². The van der Waals surface area contributed by atoms with Gasteiger partial charge in [-0.15, -0.1) is 8.67 Å². The molecule has 0 amide bonds. The van der Waals surface area contributed by atoms with Gasteiger partial charge in [0, 0.05) is 0 Å². The zero-order valence-electron chi connectivity index (χ0n) is 27.6. The van der Waals surface area contributed by atoms with Crippen LogP contribution in [0.1, 0.15) is 113 Å². The molecule has 0 aromatic heterocycles. The maximum atomic E-state index is 12.2. The summed E-state index contributed by atoms with van der Waals surface area (Å²) in [5.74, 6) is 2.48. The van der Waals surface area contributed by atoms with Crippen molar-refractivity contribution in [2.45, 2.75) is 131 Å². The fraction of sp³-hybridized carbons (Fsp3) is 1.00. The van der Waals surface area contributed by atoms with Crippen LogP contribution in [0.2, 0.25) is 0 Å². The Bertz CT molecular complexity index is 1060. The Balaban J connectivity index is 1.58. The molecule has 0 bridgehead atoms. The third-order valence-corrected chi connectivity index (χ3v) is 14.7. The predicted molar refractivity (Wildman–Crippen MR) is 169 cm³/mol. The largest absolute Gasteiger partial charge is 0.397 e. The van der Waals surface area contributed by atoms with Gasteiger partial charge in [0.15, 0.2) is 24.6 Å². The van der Waals surface area contributed by atoms with Crippen LogP contribution in [0.4, 0.5) is 0 Å². The van der Waals surface area contributed by atoms with Crippen LogP contribution in [-0.2, 0) is 41.7 Å². The van der Waals surface area contributed by atoms with Gasteiger partial charge in [0.25, 0.3) is 0 Å². The van der Waals surface area contributed by atoms with E-state index in [1.807, 2.05) is 0 Å². The summed E-state index contributed by atoms with van der Waals surface area (Å²) in [6.07, 6.45) is 7.30. The number of hydrogen-bond acceptors (Lipinski definition) is 13. The predicted octanol–water partition coefficient (Wildman–Crippen LogP) is 8.28. The van der Waals surface area contributed by atoms with Crippen molar-refractivity contribution in [1.29, 1.82) is 0 Å². The number of hydrogen-bond donors (Lipinski definition) is 3. The average Bonchev–Trinajstić information content (AvgIpc) is 3.33. The standard InChI is InChI=1S/C30H54O12S3/c1-8-28(4,5)19(3)10-9-18(2)21-11-12-22-20-15-25(38-45(33,34)35)24-16-26(36-43-41-39-31)27(37-44-42-40-32)17-30(24,7)23(20)13-14-29(21,22)6/h18-27,31-32H,8-17H2,1-7H3,(H,33,34,35). The molecule has 45 heavy (non-hydrogen) atoms. The van der Waals surface area contributed by atoms with E-state index < -0.39 is 34.1 Å². The second-order valence-corrected chi connectivity index (χ2v) is 17.4. The molecule has 15 heteroatoms. The van der Waals surface area contributed by atoms with E-state index in [2.05, 4.69) is 67.2 Å². The number of rotatable bonds is 16. The molecule has 0 radical (unpaired) electrons. The van der Waals surface area contributed by atoms with E-state index in [4.69, 9.17) is 23.1 Å². The van der Waals surface area contributed by atoms with Crippen LogP contribution in [0.5, 0.6) is 0 Å². The molecule has 4 saturated carbocycles. The average molecular weight is 703 g/mol. The second kappa shape index (κ2) is 15.4. The third-order valence-electron chi connectivity index (χ3n) is 13.4. The van der Waals surface area contributed by atoms with Crippen molar-refractivity contribution >= 4 is 35.0 Å². The van der Waals surface area contributed by atoms with Gasteiger partial charge in [-0.3, -0.25) is 12.9 Å². The van der Waals surface area contributed by atoms with E-state index in [1.54, 1.807) is 0 Å². The molecule has 0 aromatic carbocycles. The first kappa shape index (κ1) is 38.1. The summed E-state index contributed by atoms with van der Waals surface area (Å²) >= 11 is 0.868. The van der Waals surface area contributed by atoms with E-state index in [9.17, 15) is 13.0 Å². The zero-order chi connectivity index (χ0) is 33.2. The Morgan fingerprint density at radius 1 is 0.867 bits per heavy atom. The van der Waals surface area contributed by atoms with Crippen LogP contribution in [0.25, 0.3) is 0 Å². The van der Waals surface area contributed by atoms with E-state index in [0.29, 0.717) is 73.0 Å². The van der Waals surface area contributed by atoms with Crippen LogP contribution < -0.4 is 0 Å². The molecule has 264 valence electrons. The molecule has 0 heterocycles. The van der Waals surface area contributed by atoms with Crippen molar-refractivity contribution in [3.63, 3.8) is 0 Å². The summed E-state index contributed by atoms with van der Waals surface area (Å²) in [4.78, 5) is 0. The molecule has 12 unspecified atom stereocenters. The van der Waals surface area contributed by atoms with Crippen molar-refractivity contribution in [2.24, 2.45) is 57.7 Å². The summed E-state index contributed by atoms with van der Waals surface area (Å²) in [7, 11) is -4.72. The van der Waals surface area contributed by atoms with Crippen molar-refractivity contribution in [3.8, 4) is 0 Å². The Hall–Kier alpha value is 0.250. The quantitative estimate of drug-likeness (QED) is 0.0463. The maximum absolute atomic E-state index is 12.2. The van der Waals surface area contributed by atoms with Crippen LogP contribution in [0.15, 0.2) is 0 Å². The van der Waals surface area contributed by atoms with Gasteiger partial charge >= 0.3 is 10.4 Å². The summed E-state index contributed by atoms with van der Waals surface area (Å²) < 4.78 is 60.2. The van der Waals surface area contributed by atoms with Crippen LogP contribution in [-0.4, -0.2) is 41.8 Å². The molecule has 4 fully saturated rings. The van der Waals surface area contributed by atoms with Gasteiger partial charge in [-0.1, -0.05) is 71.4 Å². The first-order valence-corrected chi connectivity index (χ1v) is 19.1. The Morgan fingerprint density at radius 3 is 2.09 bits per heavy atom. The molecule has 0 aromatic rings. The Morgan fingerprint density at radius 2 is 1.49 bits per heavy atom. The van der Waals surface area contributed by atoms with Crippen molar-refractivity contribution in [2.75, 3.05) is 0 Å². The normalized spacial score (nSPS) is 40.0. The Kier molecular flexibility index (Phi) is 13.0. The third kappa shape index (κ3) is 8.35. The van der Waals surface area contributed by atoms with E-state index in [-0.39, 0.29) is 23.2 Å². The minimum atomic E-state index is -4.72. The highest BCUT2D eigenvalue weighted by atomic mass is 32.3. The van der Waals surface area contributed by atoms with Gasteiger partial charge in [-0.05, 0) is 109 Å². The molecule has 0 spiro atoms. The topological polar surface area (TPSA) is 159 Å². The lowest BCUT2D eigenvalue weighted by atomic mass is 9.43. The van der Waals surface area contributed by atoms with Gasteiger partial charge in [0.1, 0.15) is 12.2 Å². The summed E-state index contributed by atoms with van der Waals surface area (Å²) in [5, 5.41) is 24.5. The van der Waals surface area contributed by atoms with Gasteiger partial charge in [0.05, 0.1) is 6.10 Å². The van der Waals surface area contributed by atoms with Gasteiger partial charge in [0.2, 0.25) is 0 Å². The SMILES string of the molecule is CCC(C)(C)C(C)CCC(C)C1CCC2C3CC(OS(=O)(=O)O)C4CC(OSOOO)C(OSOOO)CC4(C)C3CCC12C. The molecular weight excluding hydrogens is 649 g/mol. The summed E-state index contributed by atoms with van der Waals surface area (Å²) in [6.45, 7) is 16.5. The molecule has 4 aliphatic rings. The molecule has 4 rings (SSSR count). The number of fused-ring (bicyclic) bond motifs is 5. The van der Waals surface area contributed by atoms with Gasteiger partial charge in [-0.2, -0.15) is 8.42 Å². The van der Waals surface area contributed by atoms with E-state index in [1.165, 1.54) is 25.7 Å². The Labute approximate surface area is 277 Å². The first-order valence-electron chi connectivity index (χ1n) is 16.4.